The number of hydrogen-bond donors (Lipinski definition) is 1. The number of para-hydroxylation sites is 1. The summed E-state index contributed by atoms with van der Waals surface area (Å²) in [5, 5.41) is 12.0. The number of fused-ring (bicyclic) bond motifs is 1. The van der Waals surface area contributed by atoms with Crippen LogP contribution in [0.4, 0.5) is 0 Å². The summed E-state index contributed by atoms with van der Waals surface area (Å²) in [5.41, 5.74) is 1.87. The van der Waals surface area contributed by atoms with E-state index in [9.17, 15) is 10.1 Å². The van der Waals surface area contributed by atoms with Crippen LogP contribution in [0.2, 0.25) is 0 Å². The fourth-order valence-electron chi connectivity index (χ4n) is 2.51. The normalized spacial score (nSPS) is 12.7. The minimum absolute atomic E-state index is 0.186. The Bertz CT molecular complexity index is 757. The van der Waals surface area contributed by atoms with Crippen molar-refractivity contribution in [2.45, 2.75) is 12.8 Å². The molecule has 3 rings (SSSR count). The molecule has 3 aromatic rings. The van der Waals surface area contributed by atoms with Gasteiger partial charge in [-0.25, -0.2) is 0 Å². The number of hydrogen-bond acceptors (Lipinski definition) is 3. The minimum atomic E-state index is -0.380. The van der Waals surface area contributed by atoms with Gasteiger partial charge in [0.25, 0.3) is 0 Å². The number of aryl methyl sites for hydroxylation is 1. The predicted octanol–water partition coefficient (Wildman–Crippen LogP) is 3.48. The molecule has 0 unspecified atom stereocenters. The van der Waals surface area contributed by atoms with Crippen LogP contribution in [0.15, 0.2) is 47.0 Å². The second-order valence-corrected chi connectivity index (χ2v) is 4.81. The number of nitrogens with zero attached hydrogens (tertiary/aromatic N) is 1. The molecule has 0 spiro atoms. The largest absolute Gasteiger partial charge is 0.465 e. The Kier molecular flexibility index (Phi) is 3.02. The molecule has 0 fully saturated rings. The van der Waals surface area contributed by atoms with Gasteiger partial charge in [-0.1, -0.05) is 18.2 Å². The topological polar surface area (TPSA) is 72.1 Å². The maximum atomic E-state index is 11.0. The fourth-order valence-corrected chi connectivity index (χ4v) is 2.51. The average Bonchev–Trinajstić information content (AvgIpc) is 3.02. The van der Waals surface area contributed by atoms with E-state index in [0.717, 1.165) is 22.2 Å². The van der Waals surface area contributed by atoms with Gasteiger partial charge in [-0.2, -0.15) is 0 Å². The summed E-state index contributed by atoms with van der Waals surface area (Å²) in [6, 6.07) is 11.4. The molecular formula is C15H14N2O3. The number of nitro groups is 1. The highest BCUT2D eigenvalue weighted by Crippen LogP contribution is 2.31. The van der Waals surface area contributed by atoms with E-state index in [1.165, 1.54) is 0 Å². The Balaban J connectivity index is 2.11. The molecule has 0 amide bonds. The Morgan fingerprint density at radius 2 is 2.10 bits per heavy atom. The van der Waals surface area contributed by atoms with Crippen molar-refractivity contribution in [3.05, 3.63) is 69.8 Å². The first-order chi connectivity index (χ1) is 9.65. The highest BCUT2D eigenvalue weighted by molar-refractivity contribution is 5.84. The molecule has 5 nitrogen and oxygen atoms in total. The molecule has 1 aromatic carbocycles. The van der Waals surface area contributed by atoms with Crippen LogP contribution in [0.5, 0.6) is 0 Å². The molecule has 1 atom stereocenters. The van der Waals surface area contributed by atoms with Crippen molar-refractivity contribution in [2.75, 3.05) is 6.54 Å². The Labute approximate surface area is 115 Å². The first-order valence-corrected chi connectivity index (χ1v) is 6.39. The summed E-state index contributed by atoms with van der Waals surface area (Å²) in [6.45, 7) is 1.65. The summed E-state index contributed by atoms with van der Waals surface area (Å²) in [4.78, 5) is 13.8. The van der Waals surface area contributed by atoms with Crippen molar-refractivity contribution >= 4 is 10.9 Å². The zero-order valence-corrected chi connectivity index (χ0v) is 11.0. The molecule has 20 heavy (non-hydrogen) atoms. The Morgan fingerprint density at radius 1 is 1.30 bits per heavy atom. The summed E-state index contributed by atoms with van der Waals surface area (Å²) in [6.07, 6.45) is 1.83. The lowest BCUT2D eigenvalue weighted by Gasteiger charge is -2.09. The summed E-state index contributed by atoms with van der Waals surface area (Å²) in [7, 11) is 0. The molecule has 1 N–H and O–H groups in total. The van der Waals surface area contributed by atoms with Gasteiger partial charge in [0.2, 0.25) is 6.54 Å². The van der Waals surface area contributed by atoms with Crippen LogP contribution in [0.25, 0.3) is 10.9 Å². The Hall–Kier alpha value is -2.56. The fraction of sp³-hybridized carbons (Fsp3) is 0.200. The number of H-pyrrole nitrogens is 1. The van der Waals surface area contributed by atoms with E-state index in [-0.39, 0.29) is 17.4 Å². The van der Waals surface area contributed by atoms with Crippen molar-refractivity contribution in [1.29, 1.82) is 0 Å². The smallest absolute Gasteiger partial charge is 0.217 e. The van der Waals surface area contributed by atoms with Gasteiger partial charge in [-0.3, -0.25) is 10.1 Å². The third-order valence-electron chi connectivity index (χ3n) is 3.43. The summed E-state index contributed by atoms with van der Waals surface area (Å²) in [5.74, 6) is 1.01. The average molecular weight is 270 g/mol. The molecule has 0 saturated carbocycles. The van der Waals surface area contributed by atoms with Crippen LogP contribution in [0, 0.1) is 17.0 Å². The van der Waals surface area contributed by atoms with E-state index < -0.39 is 0 Å². The second-order valence-electron chi connectivity index (χ2n) is 4.81. The minimum Gasteiger partial charge on any atom is -0.465 e. The van der Waals surface area contributed by atoms with E-state index in [4.69, 9.17) is 4.42 Å². The zero-order chi connectivity index (χ0) is 14.1. The number of aromatic amines is 1. The van der Waals surface area contributed by atoms with E-state index >= 15 is 0 Å². The van der Waals surface area contributed by atoms with Crippen molar-refractivity contribution in [1.82, 2.24) is 4.98 Å². The van der Waals surface area contributed by atoms with Gasteiger partial charge < -0.3 is 9.40 Å². The molecule has 2 aromatic heterocycles. The van der Waals surface area contributed by atoms with Crippen molar-refractivity contribution in [3.63, 3.8) is 0 Å². The van der Waals surface area contributed by atoms with Crippen LogP contribution >= 0.6 is 0 Å². The zero-order valence-electron chi connectivity index (χ0n) is 11.0. The molecule has 0 bridgehead atoms. The standard InChI is InChI=1S/C15H14N2O3/c1-10-6-7-15(20-10)13(9-17(18)19)12-8-16-14-5-3-2-4-11(12)14/h2-8,13,16H,9H2,1H3/t13-/m1/s1. The van der Waals surface area contributed by atoms with E-state index in [1.54, 1.807) is 0 Å². The lowest BCUT2D eigenvalue weighted by Crippen LogP contribution is -2.13. The van der Waals surface area contributed by atoms with Gasteiger partial charge in [0.1, 0.15) is 17.4 Å². The highest BCUT2D eigenvalue weighted by Gasteiger charge is 2.25. The predicted molar refractivity (Wildman–Crippen MR) is 75.4 cm³/mol. The lowest BCUT2D eigenvalue weighted by molar-refractivity contribution is -0.482. The molecule has 0 aliphatic heterocycles. The van der Waals surface area contributed by atoms with Crippen molar-refractivity contribution in [3.8, 4) is 0 Å². The second kappa shape index (κ2) is 4.85. The molecule has 102 valence electrons. The highest BCUT2D eigenvalue weighted by atomic mass is 16.6. The van der Waals surface area contributed by atoms with Crippen molar-refractivity contribution in [2.24, 2.45) is 0 Å². The Morgan fingerprint density at radius 3 is 2.80 bits per heavy atom. The van der Waals surface area contributed by atoms with Crippen LogP contribution in [-0.2, 0) is 0 Å². The maximum Gasteiger partial charge on any atom is 0.217 e. The first kappa shape index (κ1) is 12.5. The van der Waals surface area contributed by atoms with Gasteiger partial charge >= 0.3 is 0 Å². The molecule has 2 heterocycles. The summed E-state index contributed by atoms with van der Waals surface area (Å²) >= 11 is 0. The SMILES string of the molecule is Cc1ccc([C@H](C[N+](=O)[O-])c2c[nH]c3ccccc23)o1. The lowest BCUT2D eigenvalue weighted by atomic mass is 9.96. The van der Waals surface area contributed by atoms with E-state index in [1.807, 2.05) is 49.5 Å². The first-order valence-electron chi connectivity index (χ1n) is 6.39. The molecule has 5 heteroatoms. The third-order valence-corrected chi connectivity index (χ3v) is 3.43. The van der Waals surface area contributed by atoms with E-state index in [0.29, 0.717) is 5.76 Å². The number of rotatable bonds is 4. The number of benzene rings is 1. The van der Waals surface area contributed by atoms with E-state index in [2.05, 4.69) is 4.98 Å². The molecule has 0 radical (unpaired) electrons. The quantitative estimate of drug-likeness (QED) is 0.582. The van der Waals surface area contributed by atoms with Crippen LogP contribution < -0.4 is 0 Å². The van der Waals surface area contributed by atoms with Crippen LogP contribution in [0.3, 0.4) is 0 Å². The van der Waals surface area contributed by atoms with Crippen LogP contribution in [0.1, 0.15) is 23.0 Å². The third kappa shape index (κ3) is 2.18. The van der Waals surface area contributed by atoms with Gasteiger partial charge in [0.05, 0.1) is 0 Å². The molecular weight excluding hydrogens is 256 g/mol. The molecule has 0 aliphatic carbocycles. The van der Waals surface area contributed by atoms with Crippen LogP contribution in [-0.4, -0.2) is 16.5 Å². The van der Waals surface area contributed by atoms with Gasteiger partial charge in [-0.15, -0.1) is 0 Å². The summed E-state index contributed by atoms with van der Waals surface area (Å²) < 4.78 is 5.60. The molecule has 0 aliphatic rings. The van der Waals surface area contributed by atoms with Gasteiger partial charge in [0, 0.05) is 22.0 Å². The van der Waals surface area contributed by atoms with Gasteiger partial charge in [-0.05, 0) is 30.7 Å². The number of nitrogens with one attached hydrogen (secondary N) is 1. The van der Waals surface area contributed by atoms with Crippen molar-refractivity contribution < 1.29 is 9.34 Å². The molecule has 0 saturated heterocycles. The maximum absolute atomic E-state index is 11.0. The number of aromatic nitrogens is 1. The van der Waals surface area contributed by atoms with Gasteiger partial charge in [0.15, 0.2) is 0 Å². The number of furan rings is 1. The monoisotopic (exact) mass is 270 g/mol.